The molecule has 0 spiro atoms. The van der Waals surface area contributed by atoms with Crippen LogP contribution in [0.5, 0.6) is 5.75 Å². The third-order valence-electron chi connectivity index (χ3n) is 6.04. The van der Waals surface area contributed by atoms with E-state index >= 15 is 0 Å². The van der Waals surface area contributed by atoms with Crippen LogP contribution < -0.4 is 10.1 Å². The number of hydrogen-bond acceptors (Lipinski definition) is 6. The average molecular weight is 479 g/mol. The molecule has 0 radical (unpaired) electrons. The highest BCUT2D eigenvalue weighted by Gasteiger charge is 2.26. The topological polar surface area (TPSA) is 90.1 Å². The van der Waals surface area contributed by atoms with E-state index in [-0.39, 0.29) is 11.8 Å². The smallest absolute Gasteiger partial charge is 0.252 e. The van der Waals surface area contributed by atoms with E-state index in [2.05, 4.69) is 15.5 Å². The number of amides is 1. The summed E-state index contributed by atoms with van der Waals surface area (Å²) >= 11 is 0. The number of ether oxygens (including phenoxy) is 1. The maximum absolute atomic E-state index is 13.6. The first-order chi connectivity index (χ1) is 17.5. The summed E-state index contributed by atoms with van der Waals surface area (Å²) in [4.78, 5) is 23.0. The molecule has 7 nitrogen and oxygen atoms in total. The normalized spacial score (nSPS) is 12.0. The lowest BCUT2D eigenvalue weighted by Gasteiger charge is -2.19. The summed E-state index contributed by atoms with van der Waals surface area (Å²) in [5, 5.41) is 8.04. The number of para-hydroxylation sites is 1. The minimum absolute atomic E-state index is 0.0137. The molecule has 2 aromatic heterocycles. The first kappa shape index (κ1) is 23.2. The standard InChI is InChI=1S/C29H26N4O3/c1-18(2)26(29-32-27(33-36-29)20-13-15-21(35-3)16-14-20)31-28(34)23-17-25(19-9-5-4-6-10-19)30-24-12-8-7-11-22(23)24/h4-18,26H,1-3H3,(H,31,34)/t26-/m1/s1. The van der Waals surface area contributed by atoms with Crippen molar-refractivity contribution in [3.05, 3.63) is 96.4 Å². The number of methoxy groups -OCH3 is 1. The number of hydrogen-bond donors (Lipinski definition) is 1. The van der Waals surface area contributed by atoms with Crippen LogP contribution in [0.4, 0.5) is 0 Å². The number of pyridine rings is 1. The lowest BCUT2D eigenvalue weighted by atomic mass is 10.0. The molecule has 1 atom stereocenters. The molecule has 2 heterocycles. The number of fused-ring (bicyclic) bond motifs is 1. The molecular weight excluding hydrogens is 452 g/mol. The van der Waals surface area contributed by atoms with Crippen molar-refractivity contribution in [3.8, 4) is 28.4 Å². The molecule has 5 aromatic rings. The molecule has 0 bridgehead atoms. The van der Waals surface area contributed by atoms with Gasteiger partial charge in [-0.15, -0.1) is 0 Å². The van der Waals surface area contributed by atoms with E-state index in [0.717, 1.165) is 33.5 Å². The summed E-state index contributed by atoms with van der Waals surface area (Å²) < 4.78 is 10.8. The minimum atomic E-state index is -0.468. The molecule has 7 heteroatoms. The first-order valence-corrected chi connectivity index (χ1v) is 11.8. The molecule has 180 valence electrons. The lowest BCUT2D eigenvalue weighted by molar-refractivity contribution is 0.0915. The van der Waals surface area contributed by atoms with Crippen LogP contribution >= 0.6 is 0 Å². The van der Waals surface area contributed by atoms with Crippen LogP contribution in [-0.2, 0) is 0 Å². The Labute approximate surface area is 209 Å². The summed E-state index contributed by atoms with van der Waals surface area (Å²) in [6.45, 7) is 4.00. The quantitative estimate of drug-likeness (QED) is 0.305. The fraction of sp³-hybridized carbons (Fsp3) is 0.172. The largest absolute Gasteiger partial charge is 0.497 e. The average Bonchev–Trinajstić information content (AvgIpc) is 3.41. The van der Waals surface area contributed by atoms with Crippen LogP contribution in [0.25, 0.3) is 33.5 Å². The zero-order valence-electron chi connectivity index (χ0n) is 20.3. The summed E-state index contributed by atoms with van der Waals surface area (Å²) in [5.41, 5.74) is 3.77. The second-order valence-electron chi connectivity index (χ2n) is 8.82. The molecule has 0 fully saturated rings. The molecule has 5 rings (SSSR count). The molecular formula is C29H26N4O3. The molecule has 0 aliphatic heterocycles. The van der Waals surface area contributed by atoms with E-state index in [9.17, 15) is 4.79 Å². The fourth-order valence-electron chi connectivity index (χ4n) is 4.07. The molecule has 3 aromatic carbocycles. The highest BCUT2D eigenvalue weighted by atomic mass is 16.5. The number of rotatable bonds is 7. The maximum Gasteiger partial charge on any atom is 0.252 e. The summed E-state index contributed by atoms with van der Waals surface area (Å²) in [6.07, 6.45) is 0. The van der Waals surface area contributed by atoms with E-state index in [1.807, 2.05) is 98.8 Å². The van der Waals surface area contributed by atoms with Gasteiger partial charge in [0.25, 0.3) is 5.91 Å². The van der Waals surface area contributed by atoms with Crippen LogP contribution in [-0.4, -0.2) is 28.1 Å². The Hall–Kier alpha value is -4.52. The van der Waals surface area contributed by atoms with E-state index in [0.29, 0.717) is 17.3 Å². The number of nitrogens with zero attached hydrogens (tertiary/aromatic N) is 3. The Morgan fingerprint density at radius 2 is 1.61 bits per heavy atom. The van der Waals surface area contributed by atoms with Crippen molar-refractivity contribution >= 4 is 16.8 Å². The van der Waals surface area contributed by atoms with Gasteiger partial charge in [-0.3, -0.25) is 4.79 Å². The summed E-state index contributed by atoms with van der Waals surface area (Å²) in [5.74, 6) is 1.34. The van der Waals surface area contributed by atoms with E-state index in [1.54, 1.807) is 7.11 Å². The third-order valence-corrected chi connectivity index (χ3v) is 6.04. The molecule has 0 aliphatic rings. The van der Waals surface area contributed by atoms with Crippen molar-refractivity contribution in [3.63, 3.8) is 0 Å². The van der Waals surface area contributed by atoms with Crippen molar-refractivity contribution in [2.45, 2.75) is 19.9 Å². The van der Waals surface area contributed by atoms with E-state index in [4.69, 9.17) is 14.2 Å². The molecule has 0 saturated carbocycles. The predicted molar refractivity (Wildman–Crippen MR) is 139 cm³/mol. The van der Waals surface area contributed by atoms with Gasteiger partial charge in [0.15, 0.2) is 0 Å². The fourth-order valence-corrected chi connectivity index (χ4v) is 4.07. The van der Waals surface area contributed by atoms with Crippen molar-refractivity contribution in [2.75, 3.05) is 7.11 Å². The van der Waals surface area contributed by atoms with Gasteiger partial charge in [0.05, 0.1) is 23.9 Å². The van der Waals surface area contributed by atoms with E-state index in [1.165, 1.54) is 0 Å². The Bertz CT molecular complexity index is 1490. The van der Waals surface area contributed by atoms with Crippen LogP contribution in [0, 0.1) is 5.92 Å². The number of aromatic nitrogens is 3. The Morgan fingerprint density at radius 1 is 0.889 bits per heavy atom. The predicted octanol–water partition coefficient (Wildman–Crippen LogP) is 6.09. The maximum atomic E-state index is 13.6. The number of nitrogens with one attached hydrogen (secondary N) is 1. The van der Waals surface area contributed by atoms with Gasteiger partial charge in [-0.05, 0) is 42.3 Å². The second kappa shape index (κ2) is 10.00. The van der Waals surface area contributed by atoms with Crippen molar-refractivity contribution in [2.24, 2.45) is 5.92 Å². The van der Waals surface area contributed by atoms with Gasteiger partial charge in [-0.1, -0.05) is 67.5 Å². The Balaban J connectivity index is 1.47. The van der Waals surface area contributed by atoms with Crippen LogP contribution in [0.15, 0.2) is 89.5 Å². The lowest BCUT2D eigenvalue weighted by Crippen LogP contribution is -2.32. The van der Waals surface area contributed by atoms with Crippen molar-refractivity contribution < 1.29 is 14.1 Å². The van der Waals surface area contributed by atoms with Crippen LogP contribution in [0.1, 0.15) is 36.1 Å². The monoisotopic (exact) mass is 478 g/mol. The minimum Gasteiger partial charge on any atom is -0.497 e. The molecule has 0 unspecified atom stereocenters. The van der Waals surface area contributed by atoms with Gasteiger partial charge in [0, 0.05) is 16.5 Å². The highest BCUT2D eigenvalue weighted by molar-refractivity contribution is 6.07. The summed E-state index contributed by atoms with van der Waals surface area (Å²) in [6, 6.07) is 26.2. The highest BCUT2D eigenvalue weighted by Crippen LogP contribution is 2.28. The Kier molecular flexibility index (Phi) is 6.45. The SMILES string of the molecule is COc1ccc(-c2noc([C@H](NC(=O)c3cc(-c4ccccc4)nc4ccccc34)C(C)C)n2)cc1. The molecule has 1 amide bonds. The van der Waals surface area contributed by atoms with Crippen LogP contribution in [0.3, 0.4) is 0 Å². The van der Waals surface area contributed by atoms with E-state index < -0.39 is 6.04 Å². The van der Waals surface area contributed by atoms with Gasteiger partial charge >= 0.3 is 0 Å². The van der Waals surface area contributed by atoms with Gasteiger partial charge in [-0.2, -0.15) is 4.98 Å². The number of benzene rings is 3. The number of carbonyl (C=O) groups excluding carboxylic acids is 1. The zero-order valence-corrected chi connectivity index (χ0v) is 20.3. The van der Waals surface area contributed by atoms with Gasteiger partial charge in [0.2, 0.25) is 11.7 Å². The molecule has 36 heavy (non-hydrogen) atoms. The second-order valence-corrected chi connectivity index (χ2v) is 8.82. The molecule has 1 N–H and O–H groups in total. The van der Waals surface area contributed by atoms with Crippen molar-refractivity contribution in [1.29, 1.82) is 0 Å². The zero-order chi connectivity index (χ0) is 25.1. The molecule has 0 saturated heterocycles. The summed E-state index contributed by atoms with van der Waals surface area (Å²) in [7, 11) is 1.62. The van der Waals surface area contributed by atoms with Crippen molar-refractivity contribution in [1.82, 2.24) is 20.4 Å². The molecule has 0 aliphatic carbocycles. The van der Waals surface area contributed by atoms with Crippen LogP contribution in [0.2, 0.25) is 0 Å². The first-order valence-electron chi connectivity index (χ1n) is 11.8. The van der Waals surface area contributed by atoms with Gasteiger partial charge in [0.1, 0.15) is 11.8 Å². The van der Waals surface area contributed by atoms with Gasteiger partial charge < -0.3 is 14.6 Å². The third kappa shape index (κ3) is 4.68. The Morgan fingerprint density at radius 3 is 2.33 bits per heavy atom. The van der Waals surface area contributed by atoms with Gasteiger partial charge in [-0.25, -0.2) is 4.98 Å². The number of carbonyl (C=O) groups is 1.